The van der Waals surface area contributed by atoms with Gasteiger partial charge in [0.1, 0.15) is 5.75 Å². The number of anilines is 1. The summed E-state index contributed by atoms with van der Waals surface area (Å²) >= 11 is 0. The second-order valence-electron chi connectivity index (χ2n) is 8.44. The van der Waals surface area contributed by atoms with Crippen molar-refractivity contribution in [3.8, 4) is 5.75 Å². The Labute approximate surface area is 167 Å². The fourth-order valence-electron chi connectivity index (χ4n) is 4.53. The summed E-state index contributed by atoms with van der Waals surface area (Å²) in [6.45, 7) is 5.57. The zero-order valence-electron chi connectivity index (χ0n) is 17.2. The maximum atomic E-state index is 6.32. The van der Waals surface area contributed by atoms with Crippen LogP contribution in [0, 0.1) is 18.8 Å². The maximum absolute atomic E-state index is 6.32. The minimum atomic E-state index is 0.342. The normalized spacial score (nSPS) is 20.8. The van der Waals surface area contributed by atoms with Crippen molar-refractivity contribution < 1.29 is 4.74 Å². The van der Waals surface area contributed by atoms with Crippen LogP contribution in [0.3, 0.4) is 0 Å². The molecule has 148 valence electrons. The fourth-order valence-corrected chi connectivity index (χ4v) is 4.53. The third-order valence-electron chi connectivity index (χ3n) is 6.17. The Morgan fingerprint density at radius 1 is 1.21 bits per heavy atom. The summed E-state index contributed by atoms with van der Waals surface area (Å²) in [6.07, 6.45) is 6.99. The Bertz CT molecular complexity index is 919. The number of imidazole rings is 1. The van der Waals surface area contributed by atoms with Crippen LogP contribution in [0.4, 0.5) is 5.69 Å². The van der Waals surface area contributed by atoms with Gasteiger partial charge in [-0.05, 0) is 80.3 Å². The van der Waals surface area contributed by atoms with Gasteiger partial charge in [0, 0.05) is 19.3 Å². The molecule has 0 bridgehead atoms. The van der Waals surface area contributed by atoms with Gasteiger partial charge < -0.3 is 14.6 Å². The van der Waals surface area contributed by atoms with Gasteiger partial charge in [-0.2, -0.15) is 0 Å². The van der Waals surface area contributed by atoms with E-state index in [0.717, 1.165) is 29.7 Å². The number of aryl methyl sites for hydroxylation is 1. The van der Waals surface area contributed by atoms with Crippen molar-refractivity contribution in [3.63, 3.8) is 0 Å². The summed E-state index contributed by atoms with van der Waals surface area (Å²) in [5.41, 5.74) is 4.62. The van der Waals surface area contributed by atoms with Gasteiger partial charge in [0.15, 0.2) is 0 Å². The lowest BCUT2D eigenvalue weighted by molar-refractivity contribution is 0.104. The van der Waals surface area contributed by atoms with Crippen LogP contribution in [0.1, 0.15) is 38.2 Å². The number of rotatable bonds is 6. The van der Waals surface area contributed by atoms with Crippen LogP contribution in [-0.4, -0.2) is 29.7 Å². The highest BCUT2D eigenvalue weighted by Gasteiger charge is 2.28. The Morgan fingerprint density at radius 2 is 2.11 bits per heavy atom. The first-order valence-corrected chi connectivity index (χ1v) is 10.5. The molecule has 3 atom stereocenters. The summed E-state index contributed by atoms with van der Waals surface area (Å²) < 4.78 is 6.32. The number of nitrogens with one attached hydrogen (secondary N) is 1. The molecule has 1 aliphatic carbocycles. The minimum Gasteiger partial charge on any atom is -0.490 e. The van der Waals surface area contributed by atoms with Crippen molar-refractivity contribution in [2.45, 2.75) is 45.6 Å². The fraction of sp³-hybridized carbons (Fsp3) is 0.458. The number of fused-ring (bicyclic) bond motifs is 1. The molecule has 1 aromatic heterocycles. The van der Waals surface area contributed by atoms with Gasteiger partial charge in [-0.15, -0.1) is 0 Å². The number of ether oxygens (including phenoxy) is 1. The average Bonchev–Trinajstić information content (AvgIpc) is 3.16. The maximum Gasteiger partial charge on any atom is 0.119 e. The van der Waals surface area contributed by atoms with E-state index in [2.05, 4.69) is 78.2 Å². The number of aromatic amines is 1. The number of aromatic nitrogens is 2. The quantitative estimate of drug-likeness (QED) is 0.609. The van der Waals surface area contributed by atoms with Crippen LogP contribution in [0.15, 0.2) is 48.8 Å². The van der Waals surface area contributed by atoms with Gasteiger partial charge in [0.25, 0.3) is 0 Å². The molecular weight excluding hydrogens is 346 g/mol. The van der Waals surface area contributed by atoms with Gasteiger partial charge in [0.05, 0.1) is 23.5 Å². The lowest BCUT2D eigenvalue weighted by Gasteiger charge is -2.35. The van der Waals surface area contributed by atoms with Crippen molar-refractivity contribution in [2.75, 3.05) is 18.5 Å². The number of hydrogen-bond acceptors (Lipinski definition) is 3. The van der Waals surface area contributed by atoms with E-state index in [9.17, 15) is 0 Å². The molecule has 0 amide bonds. The van der Waals surface area contributed by atoms with Gasteiger partial charge in [0.2, 0.25) is 0 Å². The molecule has 4 rings (SSSR count). The van der Waals surface area contributed by atoms with Crippen LogP contribution in [0.2, 0.25) is 0 Å². The standard InChI is InChI=1S/C24H31N3O/c1-17-6-4-8-21(12-17)28-22-9-5-7-19(13-22)18(2)15-27(3)20-10-11-23-24(14-20)26-16-25-23/h4,6,8,10-12,14,16,18-19,22H,5,7,9,13,15H2,1-3H3,(H,25,26). The summed E-state index contributed by atoms with van der Waals surface area (Å²) in [4.78, 5) is 9.89. The first-order valence-electron chi connectivity index (χ1n) is 10.5. The molecule has 0 spiro atoms. The third kappa shape index (κ3) is 4.32. The zero-order chi connectivity index (χ0) is 19.5. The first-order chi connectivity index (χ1) is 13.6. The molecule has 2 aromatic carbocycles. The van der Waals surface area contributed by atoms with Crippen molar-refractivity contribution in [1.82, 2.24) is 9.97 Å². The van der Waals surface area contributed by atoms with Crippen molar-refractivity contribution in [1.29, 1.82) is 0 Å². The smallest absolute Gasteiger partial charge is 0.119 e. The van der Waals surface area contributed by atoms with E-state index < -0.39 is 0 Å². The predicted molar refractivity (Wildman–Crippen MR) is 116 cm³/mol. The molecule has 1 saturated carbocycles. The van der Waals surface area contributed by atoms with Crippen LogP contribution >= 0.6 is 0 Å². The van der Waals surface area contributed by atoms with Crippen molar-refractivity contribution in [3.05, 3.63) is 54.4 Å². The summed E-state index contributed by atoms with van der Waals surface area (Å²) in [5.74, 6) is 2.36. The molecule has 1 N–H and O–H groups in total. The largest absolute Gasteiger partial charge is 0.490 e. The third-order valence-corrected chi connectivity index (χ3v) is 6.17. The molecule has 0 saturated heterocycles. The van der Waals surface area contributed by atoms with Crippen LogP contribution < -0.4 is 9.64 Å². The van der Waals surface area contributed by atoms with Crippen molar-refractivity contribution >= 4 is 16.7 Å². The Hall–Kier alpha value is -2.49. The molecule has 1 heterocycles. The van der Waals surface area contributed by atoms with Crippen LogP contribution in [-0.2, 0) is 0 Å². The highest BCUT2D eigenvalue weighted by atomic mass is 16.5. The van der Waals surface area contributed by atoms with E-state index in [1.54, 1.807) is 6.33 Å². The van der Waals surface area contributed by atoms with E-state index in [0.29, 0.717) is 17.9 Å². The SMILES string of the molecule is Cc1cccc(OC2CCCC(C(C)CN(C)c3ccc4nc[nH]c4c3)C2)c1. The van der Waals surface area contributed by atoms with E-state index in [1.165, 1.54) is 30.5 Å². The number of H-pyrrole nitrogens is 1. The summed E-state index contributed by atoms with van der Waals surface area (Å²) in [7, 11) is 2.19. The lowest BCUT2D eigenvalue weighted by atomic mass is 9.79. The monoisotopic (exact) mass is 377 g/mol. The second kappa shape index (κ2) is 8.26. The average molecular weight is 378 g/mol. The highest BCUT2D eigenvalue weighted by molar-refractivity contribution is 5.78. The molecule has 3 unspecified atom stereocenters. The van der Waals surface area contributed by atoms with Gasteiger partial charge >= 0.3 is 0 Å². The molecule has 4 nitrogen and oxygen atoms in total. The highest BCUT2D eigenvalue weighted by Crippen LogP contribution is 2.33. The van der Waals surface area contributed by atoms with Gasteiger partial charge in [-0.25, -0.2) is 4.98 Å². The van der Waals surface area contributed by atoms with E-state index >= 15 is 0 Å². The second-order valence-corrected chi connectivity index (χ2v) is 8.44. The zero-order valence-corrected chi connectivity index (χ0v) is 17.2. The summed E-state index contributed by atoms with van der Waals surface area (Å²) in [5, 5.41) is 0. The topological polar surface area (TPSA) is 41.1 Å². The van der Waals surface area contributed by atoms with Gasteiger partial charge in [-0.1, -0.05) is 19.1 Å². The minimum absolute atomic E-state index is 0.342. The number of nitrogens with zero attached hydrogens (tertiary/aromatic N) is 2. The molecule has 28 heavy (non-hydrogen) atoms. The van der Waals surface area contributed by atoms with Gasteiger partial charge in [-0.3, -0.25) is 0 Å². The first kappa shape index (κ1) is 18.9. The molecule has 0 radical (unpaired) electrons. The molecule has 4 heteroatoms. The predicted octanol–water partition coefficient (Wildman–Crippen LogP) is 5.58. The molecule has 0 aliphatic heterocycles. The Morgan fingerprint density at radius 3 is 2.96 bits per heavy atom. The molecular formula is C24H31N3O. The van der Waals surface area contributed by atoms with E-state index in [1.807, 2.05) is 0 Å². The Kier molecular flexibility index (Phi) is 5.56. The number of benzene rings is 2. The summed E-state index contributed by atoms with van der Waals surface area (Å²) in [6, 6.07) is 14.9. The Balaban J connectivity index is 1.36. The van der Waals surface area contributed by atoms with Crippen molar-refractivity contribution in [2.24, 2.45) is 11.8 Å². The van der Waals surface area contributed by atoms with E-state index in [-0.39, 0.29) is 0 Å². The van der Waals surface area contributed by atoms with E-state index in [4.69, 9.17) is 4.74 Å². The lowest BCUT2D eigenvalue weighted by Crippen LogP contribution is -2.34. The molecule has 1 aliphatic rings. The molecule has 3 aromatic rings. The molecule has 1 fully saturated rings. The number of hydrogen-bond donors (Lipinski definition) is 1. The van der Waals surface area contributed by atoms with Crippen LogP contribution in [0.25, 0.3) is 11.0 Å². The van der Waals surface area contributed by atoms with Crippen LogP contribution in [0.5, 0.6) is 5.75 Å².